The Balaban J connectivity index is 3.04. The number of halogens is 3. The molecule has 0 aliphatic carbocycles. The van der Waals surface area contributed by atoms with Crippen LogP contribution in [0.5, 0.6) is 5.75 Å². The van der Waals surface area contributed by atoms with Crippen molar-refractivity contribution in [2.45, 2.75) is 161 Å². The molecule has 1 rings (SSSR count). The van der Waals surface area contributed by atoms with Crippen molar-refractivity contribution in [1.82, 2.24) is 5.32 Å². The third-order valence-electron chi connectivity index (χ3n) is 8.59. The monoisotopic (exact) mass is 727 g/mol. The summed E-state index contributed by atoms with van der Waals surface area (Å²) >= 11 is 0. The molecule has 0 bridgehead atoms. The number of allylic oxidation sites excluding steroid dienone is 1. The average Bonchev–Trinajstić information content (AvgIpc) is 3.06. The second-order valence-corrected chi connectivity index (χ2v) is 14.4. The lowest BCUT2D eigenvalue weighted by molar-refractivity contribution is -0.184. The fourth-order valence-electron chi connectivity index (χ4n) is 5.59. The maximum atomic E-state index is 14.3. The number of methoxy groups -OCH3 is 1. The molecule has 51 heavy (non-hydrogen) atoms. The molecule has 292 valence electrons. The van der Waals surface area contributed by atoms with Gasteiger partial charge in [0, 0.05) is 25.7 Å². The van der Waals surface area contributed by atoms with Crippen molar-refractivity contribution in [2.75, 3.05) is 20.4 Å². The van der Waals surface area contributed by atoms with Crippen LogP contribution in [0.4, 0.5) is 13.2 Å². The summed E-state index contributed by atoms with van der Waals surface area (Å²) in [6, 6.07) is 5.85. The minimum Gasteiger partial charge on any atom is -0.494 e. The normalized spacial score (nSPS) is 14.5. The predicted octanol–water partition coefficient (Wildman–Crippen LogP) is 9.01. The number of amides is 1. The Bertz CT molecular complexity index is 1170. The van der Waals surface area contributed by atoms with Crippen molar-refractivity contribution >= 4 is 17.8 Å². The number of unbranched alkanes of at least 4 members (excludes halogenated alkanes) is 9. The van der Waals surface area contributed by atoms with E-state index in [1.54, 1.807) is 51.1 Å². The number of hydrogen-bond donors (Lipinski definition) is 2. The maximum absolute atomic E-state index is 14.3. The standard InChI is InChI=1S/C40H64F3NO7/c1-7-9-11-15-18-25-39(42,43)26-19-16-13-12-14-17-20-33(40(48,27-28-41)37(47)51-38(3,4)5)35(45)44-34(36(46)49-6)30-31-21-23-32(24-22-31)50-29-10-8-2/h17,20-24,33-34,48H,7-16,18-19,25-30H2,1-6H3,(H,44,45)/b20-17+/t33-,34+,40+/m1/s1. The number of ether oxygens (including phenoxy) is 3. The number of esters is 2. The summed E-state index contributed by atoms with van der Waals surface area (Å²) in [7, 11) is 1.18. The second-order valence-electron chi connectivity index (χ2n) is 14.4. The van der Waals surface area contributed by atoms with Crippen LogP contribution in [-0.2, 0) is 30.3 Å². The van der Waals surface area contributed by atoms with Crippen LogP contribution < -0.4 is 10.1 Å². The first-order chi connectivity index (χ1) is 24.1. The number of nitrogens with one attached hydrogen (secondary N) is 1. The van der Waals surface area contributed by atoms with Gasteiger partial charge in [-0.25, -0.2) is 18.4 Å². The van der Waals surface area contributed by atoms with Gasteiger partial charge in [0.2, 0.25) is 11.8 Å². The molecule has 0 saturated heterocycles. The van der Waals surface area contributed by atoms with E-state index in [1.807, 2.05) is 0 Å². The van der Waals surface area contributed by atoms with Gasteiger partial charge in [0.25, 0.3) is 0 Å². The highest BCUT2D eigenvalue weighted by Gasteiger charge is 2.49. The van der Waals surface area contributed by atoms with E-state index < -0.39 is 60.0 Å². The van der Waals surface area contributed by atoms with Gasteiger partial charge in [-0.15, -0.1) is 0 Å². The first kappa shape index (κ1) is 45.9. The van der Waals surface area contributed by atoms with Crippen molar-refractivity contribution in [3.63, 3.8) is 0 Å². The number of carbonyl (C=O) groups excluding carboxylic acids is 3. The van der Waals surface area contributed by atoms with E-state index in [0.717, 1.165) is 38.5 Å². The van der Waals surface area contributed by atoms with Gasteiger partial charge in [-0.05, 0) is 70.6 Å². The first-order valence-electron chi connectivity index (χ1n) is 18.8. The molecule has 0 unspecified atom stereocenters. The molecule has 8 nitrogen and oxygen atoms in total. The van der Waals surface area contributed by atoms with E-state index in [9.17, 15) is 32.7 Å². The molecule has 1 amide bonds. The summed E-state index contributed by atoms with van der Waals surface area (Å²) < 4.78 is 58.4. The van der Waals surface area contributed by atoms with Crippen LogP contribution >= 0.6 is 0 Å². The van der Waals surface area contributed by atoms with Gasteiger partial charge in [-0.2, -0.15) is 0 Å². The van der Waals surface area contributed by atoms with E-state index in [2.05, 4.69) is 19.2 Å². The number of hydrogen-bond acceptors (Lipinski definition) is 7. The number of aliphatic hydroxyl groups is 1. The number of benzene rings is 1. The number of rotatable bonds is 27. The van der Waals surface area contributed by atoms with Crippen LogP contribution in [0.25, 0.3) is 0 Å². The van der Waals surface area contributed by atoms with Gasteiger partial charge in [0.05, 0.1) is 26.3 Å². The Morgan fingerprint density at radius 1 is 0.863 bits per heavy atom. The van der Waals surface area contributed by atoms with E-state index in [1.165, 1.54) is 13.2 Å². The molecule has 0 fully saturated rings. The fourth-order valence-corrected chi connectivity index (χ4v) is 5.59. The largest absolute Gasteiger partial charge is 0.494 e. The van der Waals surface area contributed by atoms with Gasteiger partial charge >= 0.3 is 11.9 Å². The van der Waals surface area contributed by atoms with E-state index >= 15 is 0 Å². The topological polar surface area (TPSA) is 111 Å². The molecule has 1 aromatic rings. The van der Waals surface area contributed by atoms with Gasteiger partial charge in [0.1, 0.15) is 17.4 Å². The molecule has 0 aliphatic rings. The minimum absolute atomic E-state index is 0.0377. The summed E-state index contributed by atoms with van der Waals surface area (Å²) in [4.78, 5) is 39.9. The lowest BCUT2D eigenvalue weighted by Crippen LogP contribution is -2.56. The SMILES string of the molecule is CCCCCCCC(F)(F)CCCCCC/C=C/[C@H](C(=O)N[C@@H](Cc1ccc(OCCCC)cc1)C(=O)OC)[C@@](O)(CCF)C(=O)OC(C)(C)C. The molecule has 1 aromatic carbocycles. The number of alkyl halides is 3. The molecule has 0 aliphatic heterocycles. The fraction of sp³-hybridized carbons (Fsp3) is 0.725. The highest BCUT2D eigenvalue weighted by molar-refractivity contribution is 5.93. The molecule has 3 atom stereocenters. The molecule has 0 heterocycles. The molecule has 0 saturated carbocycles. The summed E-state index contributed by atoms with van der Waals surface area (Å²) in [5, 5.41) is 14.2. The van der Waals surface area contributed by atoms with Crippen LogP contribution in [0.3, 0.4) is 0 Å². The summed E-state index contributed by atoms with van der Waals surface area (Å²) in [5.41, 5.74) is -2.93. The zero-order chi connectivity index (χ0) is 38.3. The molecule has 0 spiro atoms. The van der Waals surface area contributed by atoms with E-state index in [0.29, 0.717) is 56.4 Å². The Morgan fingerprint density at radius 2 is 1.45 bits per heavy atom. The van der Waals surface area contributed by atoms with Crippen LogP contribution in [0, 0.1) is 5.92 Å². The Morgan fingerprint density at radius 3 is 2.00 bits per heavy atom. The van der Waals surface area contributed by atoms with E-state index in [-0.39, 0.29) is 19.3 Å². The predicted molar refractivity (Wildman–Crippen MR) is 195 cm³/mol. The average molecular weight is 728 g/mol. The smallest absolute Gasteiger partial charge is 0.339 e. The number of carbonyl (C=O) groups is 3. The third kappa shape index (κ3) is 18.8. The van der Waals surface area contributed by atoms with Crippen molar-refractivity contribution in [3.8, 4) is 5.75 Å². The maximum Gasteiger partial charge on any atom is 0.339 e. The zero-order valence-corrected chi connectivity index (χ0v) is 31.9. The molecular formula is C40H64F3NO7. The van der Waals surface area contributed by atoms with Crippen molar-refractivity contribution < 1.29 is 46.9 Å². The van der Waals surface area contributed by atoms with Crippen molar-refractivity contribution in [2.24, 2.45) is 5.92 Å². The minimum atomic E-state index is -2.66. The zero-order valence-electron chi connectivity index (χ0n) is 31.9. The van der Waals surface area contributed by atoms with Crippen molar-refractivity contribution in [3.05, 3.63) is 42.0 Å². The highest BCUT2D eigenvalue weighted by Crippen LogP contribution is 2.30. The van der Waals surface area contributed by atoms with E-state index in [4.69, 9.17) is 14.2 Å². The highest BCUT2D eigenvalue weighted by atomic mass is 19.3. The molecule has 2 N–H and O–H groups in total. The van der Waals surface area contributed by atoms with Crippen LogP contribution in [0.15, 0.2) is 36.4 Å². The van der Waals surface area contributed by atoms with Gasteiger partial charge in [0.15, 0.2) is 5.60 Å². The summed E-state index contributed by atoms with van der Waals surface area (Å²) in [5.74, 6) is -6.42. The van der Waals surface area contributed by atoms with Crippen LogP contribution in [0.1, 0.15) is 136 Å². The van der Waals surface area contributed by atoms with Crippen LogP contribution in [0.2, 0.25) is 0 Å². The molecule has 0 radical (unpaired) electrons. The quantitative estimate of drug-likeness (QED) is 0.0529. The summed E-state index contributed by atoms with van der Waals surface area (Å²) in [6.07, 6.45) is 11.1. The first-order valence-corrected chi connectivity index (χ1v) is 18.8. The molecular weight excluding hydrogens is 663 g/mol. The third-order valence-corrected chi connectivity index (χ3v) is 8.59. The Labute approximate surface area is 304 Å². The van der Waals surface area contributed by atoms with Gasteiger partial charge < -0.3 is 24.6 Å². The summed E-state index contributed by atoms with van der Waals surface area (Å²) in [6.45, 7) is 8.36. The van der Waals surface area contributed by atoms with Crippen molar-refractivity contribution in [1.29, 1.82) is 0 Å². The van der Waals surface area contributed by atoms with Crippen LogP contribution in [-0.4, -0.2) is 66.5 Å². The van der Waals surface area contributed by atoms with Gasteiger partial charge in [-0.1, -0.05) is 83.1 Å². The Hall–Kier alpha value is -3.08. The second kappa shape index (κ2) is 24.2. The molecule has 0 aromatic heterocycles. The van der Waals surface area contributed by atoms with Gasteiger partial charge in [-0.3, -0.25) is 9.18 Å². The lowest BCUT2D eigenvalue weighted by atomic mass is 9.82. The molecule has 11 heteroatoms. The lowest BCUT2D eigenvalue weighted by Gasteiger charge is -2.34. The Kier molecular flexibility index (Phi) is 21.8.